The van der Waals surface area contributed by atoms with Crippen LogP contribution in [0.5, 0.6) is 0 Å². The van der Waals surface area contributed by atoms with E-state index in [0.29, 0.717) is 23.9 Å². The molecular formula is C21H29N3O5. The highest BCUT2D eigenvalue weighted by molar-refractivity contribution is 5.85. The summed E-state index contributed by atoms with van der Waals surface area (Å²) in [5, 5.41) is 25.0. The minimum Gasteiger partial charge on any atom is -0.465 e. The molecule has 0 spiro atoms. The molecule has 0 radical (unpaired) electrons. The lowest BCUT2D eigenvalue weighted by Gasteiger charge is -2.30. The van der Waals surface area contributed by atoms with Crippen molar-refractivity contribution in [3.63, 3.8) is 0 Å². The van der Waals surface area contributed by atoms with Crippen molar-refractivity contribution in [3.8, 4) is 0 Å². The van der Waals surface area contributed by atoms with Gasteiger partial charge in [-0.15, -0.1) is 0 Å². The summed E-state index contributed by atoms with van der Waals surface area (Å²) in [5.41, 5.74) is 1.12. The molecule has 3 unspecified atom stereocenters. The van der Waals surface area contributed by atoms with Crippen LogP contribution >= 0.6 is 0 Å². The van der Waals surface area contributed by atoms with Crippen molar-refractivity contribution >= 4 is 23.1 Å². The average molecular weight is 403 g/mol. The number of aliphatic hydroxyl groups excluding tert-OH is 1. The molecule has 0 bridgehead atoms. The average Bonchev–Trinajstić information content (AvgIpc) is 3.30. The number of amides is 2. The second-order valence-electron chi connectivity index (χ2n) is 8.21. The van der Waals surface area contributed by atoms with Crippen molar-refractivity contribution < 1.29 is 24.2 Å². The van der Waals surface area contributed by atoms with Gasteiger partial charge in [0.2, 0.25) is 11.8 Å². The van der Waals surface area contributed by atoms with E-state index in [1.807, 2.05) is 19.1 Å². The highest BCUT2D eigenvalue weighted by Crippen LogP contribution is 2.41. The van der Waals surface area contributed by atoms with Gasteiger partial charge in [-0.05, 0) is 43.2 Å². The quantitative estimate of drug-likeness (QED) is 0.536. The lowest BCUT2D eigenvalue weighted by molar-refractivity contribution is -0.125. The van der Waals surface area contributed by atoms with Crippen LogP contribution in [-0.2, 0) is 4.79 Å². The van der Waals surface area contributed by atoms with E-state index in [0.717, 1.165) is 25.7 Å². The zero-order chi connectivity index (χ0) is 21.0. The van der Waals surface area contributed by atoms with Crippen molar-refractivity contribution in [2.75, 3.05) is 0 Å². The van der Waals surface area contributed by atoms with Crippen molar-refractivity contribution in [3.05, 3.63) is 30.2 Å². The Kier molecular flexibility index (Phi) is 6.42. The van der Waals surface area contributed by atoms with Gasteiger partial charge < -0.3 is 25.3 Å². The number of rotatable bonds is 8. The number of aromatic nitrogens is 1. The third-order valence-corrected chi connectivity index (χ3v) is 5.83. The second-order valence-corrected chi connectivity index (χ2v) is 8.21. The molecule has 158 valence electrons. The van der Waals surface area contributed by atoms with Gasteiger partial charge in [-0.1, -0.05) is 38.8 Å². The first-order valence-electron chi connectivity index (χ1n) is 10.1. The Hall–Kier alpha value is -2.61. The number of carboxylic acid groups (broad SMARTS) is 1. The predicted octanol–water partition coefficient (Wildman–Crippen LogP) is 3.36. The van der Waals surface area contributed by atoms with E-state index in [1.54, 1.807) is 12.1 Å². The molecule has 1 heterocycles. The van der Waals surface area contributed by atoms with Crippen molar-refractivity contribution in [2.45, 2.75) is 70.6 Å². The number of aliphatic hydroxyl groups is 1. The molecule has 1 aliphatic rings. The van der Waals surface area contributed by atoms with Crippen LogP contribution in [0.15, 0.2) is 28.7 Å². The Labute approximate surface area is 169 Å². The number of para-hydroxylation sites is 2. The van der Waals surface area contributed by atoms with E-state index in [2.05, 4.69) is 22.5 Å². The minimum atomic E-state index is -1.24. The van der Waals surface area contributed by atoms with Crippen LogP contribution in [0.3, 0.4) is 0 Å². The Morgan fingerprint density at radius 3 is 2.55 bits per heavy atom. The number of nitrogens with zero attached hydrogens (tertiary/aromatic N) is 1. The van der Waals surface area contributed by atoms with E-state index in [9.17, 15) is 19.8 Å². The molecule has 29 heavy (non-hydrogen) atoms. The number of fused-ring (bicyclic) bond motifs is 1. The van der Waals surface area contributed by atoms with Gasteiger partial charge in [0.1, 0.15) is 11.6 Å². The fourth-order valence-corrected chi connectivity index (χ4v) is 4.16. The van der Waals surface area contributed by atoms with E-state index < -0.39 is 30.2 Å². The van der Waals surface area contributed by atoms with Gasteiger partial charge in [0.05, 0.1) is 6.04 Å². The Balaban J connectivity index is 1.72. The molecular weight excluding hydrogens is 374 g/mol. The third-order valence-electron chi connectivity index (χ3n) is 5.83. The highest BCUT2D eigenvalue weighted by Gasteiger charge is 2.36. The van der Waals surface area contributed by atoms with Crippen LogP contribution in [0.25, 0.3) is 11.1 Å². The molecule has 3 rings (SSSR count). The van der Waals surface area contributed by atoms with E-state index in [1.165, 1.54) is 0 Å². The number of benzene rings is 1. The smallest absolute Gasteiger partial charge is 0.405 e. The van der Waals surface area contributed by atoms with Crippen LogP contribution in [0.4, 0.5) is 4.79 Å². The van der Waals surface area contributed by atoms with Crippen LogP contribution < -0.4 is 10.6 Å². The maximum absolute atomic E-state index is 12.9. The molecule has 3 atom stereocenters. The number of carbonyl (C=O) groups excluding carboxylic acids is 1. The first-order chi connectivity index (χ1) is 13.8. The lowest BCUT2D eigenvalue weighted by atomic mass is 9.81. The van der Waals surface area contributed by atoms with Crippen LogP contribution in [-0.4, -0.2) is 39.3 Å². The van der Waals surface area contributed by atoms with Gasteiger partial charge >= 0.3 is 6.09 Å². The monoisotopic (exact) mass is 403 g/mol. The second kappa shape index (κ2) is 8.82. The normalized spacial score (nSPS) is 18.9. The lowest BCUT2D eigenvalue weighted by Crippen LogP contribution is -2.52. The van der Waals surface area contributed by atoms with Crippen molar-refractivity contribution in [2.24, 2.45) is 5.41 Å². The summed E-state index contributed by atoms with van der Waals surface area (Å²) in [6.45, 7) is 3.92. The summed E-state index contributed by atoms with van der Waals surface area (Å²) in [5.74, 6) is -0.314. The topological polar surface area (TPSA) is 125 Å². The van der Waals surface area contributed by atoms with E-state index in [4.69, 9.17) is 4.42 Å². The van der Waals surface area contributed by atoms with Crippen molar-refractivity contribution in [1.29, 1.82) is 0 Å². The van der Waals surface area contributed by atoms with E-state index >= 15 is 0 Å². The SMILES string of the molecule is CCC(NC(=O)C(CC1(C)CCCC1)NC(=O)O)C(O)c1nc2ccccc2o1. The van der Waals surface area contributed by atoms with Gasteiger partial charge in [0, 0.05) is 0 Å². The Morgan fingerprint density at radius 1 is 1.24 bits per heavy atom. The third kappa shape index (κ3) is 5.06. The fraction of sp³-hybridized carbons (Fsp3) is 0.571. The van der Waals surface area contributed by atoms with Gasteiger partial charge in [-0.25, -0.2) is 9.78 Å². The van der Waals surface area contributed by atoms with Gasteiger partial charge in [-0.3, -0.25) is 4.79 Å². The number of nitrogens with one attached hydrogen (secondary N) is 2. The zero-order valence-corrected chi connectivity index (χ0v) is 16.9. The van der Waals surface area contributed by atoms with Gasteiger partial charge in [0.15, 0.2) is 11.7 Å². The molecule has 8 heteroatoms. The first-order valence-corrected chi connectivity index (χ1v) is 10.1. The highest BCUT2D eigenvalue weighted by atomic mass is 16.4. The molecule has 0 aliphatic heterocycles. The largest absolute Gasteiger partial charge is 0.465 e. The fourth-order valence-electron chi connectivity index (χ4n) is 4.16. The summed E-state index contributed by atoms with van der Waals surface area (Å²) in [7, 11) is 0. The maximum Gasteiger partial charge on any atom is 0.405 e. The minimum absolute atomic E-state index is 0.0644. The standard InChI is InChI=1S/C21H29N3O5/c1-3-13(17(25)19-23-14-8-4-5-9-16(14)29-19)22-18(26)15(24-20(27)28)12-21(2)10-6-7-11-21/h4-5,8-9,13,15,17,24-25H,3,6-7,10-12H2,1-2H3,(H,22,26)(H,27,28). The summed E-state index contributed by atoms with van der Waals surface area (Å²) in [6.07, 6.45) is 2.62. The molecule has 1 aromatic heterocycles. The Morgan fingerprint density at radius 2 is 1.93 bits per heavy atom. The zero-order valence-electron chi connectivity index (χ0n) is 16.9. The van der Waals surface area contributed by atoms with Gasteiger partial charge in [-0.2, -0.15) is 0 Å². The molecule has 8 nitrogen and oxygen atoms in total. The molecule has 2 amide bonds. The Bertz CT molecular complexity index is 826. The predicted molar refractivity (Wildman–Crippen MR) is 107 cm³/mol. The summed E-state index contributed by atoms with van der Waals surface area (Å²) in [6, 6.07) is 5.66. The number of hydrogen-bond acceptors (Lipinski definition) is 5. The van der Waals surface area contributed by atoms with Crippen molar-refractivity contribution in [1.82, 2.24) is 15.6 Å². The number of oxazole rings is 1. The van der Waals surface area contributed by atoms with Gasteiger partial charge in [0.25, 0.3) is 0 Å². The van der Waals surface area contributed by atoms with Crippen LogP contribution in [0, 0.1) is 5.41 Å². The molecule has 1 saturated carbocycles. The molecule has 2 aromatic rings. The molecule has 4 N–H and O–H groups in total. The molecule has 1 fully saturated rings. The van der Waals surface area contributed by atoms with Crippen LogP contribution in [0.1, 0.15) is 64.4 Å². The summed E-state index contributed by atoms with van der Waals surface area (Å²) in [4.78, 5) is 28.4. The molecule has 1 aliphatic carbocycles. The molecule has 0 saturated heterocycles. The maximum atomic E-state index is 12.9. The molecule has 1 aromatic carbocycles. The van der Waals surface area contributed by atoms with Crippen LogP contribution in [0.2, 0.25) is 0 Å². The van der Waals surface area contributed by atoms with E-state index in [-0.39, 0.29) is 11.3 Å². The number of hydrogen-bond donors (Lipinski definition) is 4. The summed E-state index contributed by atoms with van der Waals surface area (Å²) < 4.78 is 5.62. The number of carbonyl (C=O) groups is 2. The summed E-state index contributed by atoms with van der Waals surface area (Å²) >= 11 is 0. The first kappa shape index (κ1) is 21.1.